The maximum atomic E-state index is 12.1. The van der Waals surface area contributed by atoms with E-state index in [1.54, 1.807) is 11.7 Å². The Hall–Kier alpha value is -2.52. The zero-order valence-corrected chi connectivity index (χ0v) is 16.1. The van der Waals surface area contributed by atoms with Crippen LogP contribution in [0.3, 0.4) is 0 Å². The number of urea groups is 1. The van der Waals surface area contributed by atoms with Gasteiger partial charge in [-0.1, -0.05) is 12.1 Å². The van der Waals surface area contributed by atoms with Crippen LogP contribution >= 0.6 is 0 Å². The van der Waals surface area contributed by atoms with Gasteiger partial charge in [-0.3, -0.25) is 0 Å². The minimum Gasteiger partial charge on any atom is -0.338 e. The van der Waals surface area contributed by atoms with Crippen molar-refractivity contribution in [1.82, 2.24) is 35.3 Å². The van der Waals surface area contributed by atoms with E-state index in [-0.39, 0.29) is 6.03 Å². The van der Waals surface area contributed by atoms with Gasteiger partial charge in [0.15, 0.2) is 5.82 Å². The number of piperazine rings is 1. The minimum absolute atomic E-state index is 0.192. The van der Waals surface area contributed by atoms with Crippen LogP contribution in [0, 0.1) is 0 Å². The van der Waals surface area contributed by atoms with Crippen molar-refractivity contribution in [1.29, 1.82) is 0 Å². The first kappa shape index (κ1) is 19.2. The molecule has 0 bridgehead atoms. The van der Waals surface area contributed by atoms with Crippen LogP contribution in [0.15, 0.2) is 24.3 Å². The number of rotatable bonds is 7. The first-order valence-corrected chi connectivity index (χ1v) is 9.40. The van der Waals surface area contributed by atoms with Crippen molar-refractivity contribution in [2.45, 2.75) is 12.8 Å². The van der Waals surface area contributed by atoms with Gasteiger partial charge in [-0.2, -0.15) is 0 Å². The molecule has 2 N–H and O–H groups in total. The molecule has 0 saturated carbocycles. The van der Waals surface area contributed by atoms with Gasteiger partial charge in [0.2, 0.25) is 0 Å². The zero-order valence-electron chi connectivity index (χ0n) is 16.1. The van der Waals surface area contributed by atoms with Crippen molar-refractivity contribution >= 4 is 11.7 Å². The van der Waals surface area contributed by atoms with Crippen LogP contribution in [0.1, 0.15) is 12.8 Å². The van der Waals surface area contributed by atoms with Gasteiger partial charge >= 0.3 is 6.03 Å². The standard InChI is InChI=1S/C18H28N8O/c1-24-10-12-26(13-11-24)9-4-3-8-19-18(27)20-16-7-5-6-15(14-16)17-21-22-23-25(17)2/h5-7,14H,3-4,8-13H2,1-2H3,(H2,19,20,27). The van der Waals surface area contributed by atoms with E-state index < -0.39 is 0 Å². The third-order valence-electron chi connectivity index (χ3n) is 4.78. The maximum absolute atomic E-state index is 12.1. The first-order chi connectivity index (χ1) is 13.1. The predicted octanol–water partition coefficient (Wildman–Crippen LogP) is 1.03. The second kappa shape index (κ2) is 9.43. The number of hydrogen-bond acceptors (Lipinski definition) is 6. The van der Waals surface area contributed by atoms with E-state index in [9.17, 15) is 4.79 Å². The van der Waals surface area contributed by atoms with Gasteiger partial charge in [-0.05, 0) is 49.0 Å². The van der Waals surface area contributed by atoms with Gasteiger partial charge in [0.25, 0.3) is 0 Å². The molecule has 0 radical (unpaired) electrons. The summed E-state index contributed by atoms with van der Waals surface area (Å²) in [6.45, 7) is 6.34. The summed E-state index contributed by atoms with van der Waals surface area (Å²) in [5, 5.41) is 17.2. The molecule has 1 aromatic heterocycles. The molecule has 27 heavy (non-hydrogen) atoms. The summed E-state index contributed by atoms with van der Waals surface area (Å²) in [5.74, 6) is 0.656. The van der Waals surface area contributed by atoms with Crippen LogP contribution < -0.4 is 10.6 Å². The molecule has 1 fully saturated rings. The topological polar surface area (TPSA) is 91.2 Å². The smallest absolute Gasteiger partial charge is 0.319 e. The lowest BCUT2D eigenvalue weighted by Crippen LogP contribution is -2.44. The van der Waals surface area contributed by atoms with Crippen LogP contribution in [0.2, 0.25) is 0 Å². The van der Waals surface area contributed by atoms with Crippen LogP contribution in [0.4, 0.5) is 10.5 Å². The number of anilines is 1. The summed E-state index contributed by atoms with van der Waals surface area (Å²) in [6, 6.07) is 7.30. The van der Waals surface area contributed by atoms with E-state index >= 15 is 0 Å². The molecule has 2 aromatic rings. The second-order valence-corrected chi connectivity index (χ2v) is 6.94. The number of aromatic nitrogens is 4. The number of tetrazole rings is 1. The van der Waals surface area contributed by atoms with Gasteiger partial charge in [0.05, 0.1) is 0 Å². The number of nitrogens with one attached hydrogen (secondary N) is 2. The Morgan fingerprint density at radius 1 is 1.15 bits per heavy atom. The average molecular weight is 372 g/mol. The Morgan fingerprint density at radius 3 is 2.70 bits per heavy atom. The van der Waals surface area contributed by atoms with E-state index in [0.29, 0.717) is 18.1 Å². The van der Waals surface area contributed by atoms with Crippen molar-refractivity contribution in [3.63, 3.8) is 0 Å². The Labute approximate surface area is 159 Å². The maximum Gasteiger partial charge on any atom is 0.319 e. The molecular formula is C18H28N8O. The van der Waals surface area contributed by atoms with E-state index in [2.05, 4.69) is 43.0 Å². The quantitative estimate of drug-likeness (QED) is 0.706. The number of amides is 2. The highest BCUT2D eigenvalue weighted by molar-refractivity contribution is 5.89. The fraction of sp³-hybridized carbons (Fsp3) is 0.556. The summed E-state index contributed by atoms with van der Waals surface area (Å²) in [4.78, 5) is 16.9. The van der Waals surface area contributed by atoms with E-state index in [0.717, 1.165) is 51.1 Å². The van der Waals surface area contributed by atoms with Crippen molar-refractivity contribution in [3.05, 3.63) is 24.3 Å². The van der Waals surface area contributed by atoms with Crippen LogP contribution in [0.5, 0.6) is 0 Å². The number of likely N-dealkylation sites (N-methyl/N-ethyl adjacent to an activating group) is 1. The molecule has 146 valence electrons. The fourth-order valence-electron chi connectivity index (χ4n) is 3.12. The third kappa shape index (κ3) is 5.73. The Morgan fingerprint density at radius 2 is 1.96 bits per heavy atom. The molecule has 0 spiro atoms. The largest absolute Gasteiger partial charge is 0.338 e. The lowest BCUT2D eigenvalue weighted by molar-refractivity contribution is 0.152. The molecule has 2 heterocycles. The lowest BCUT2D eigenvalue weighted by Gasteiger charge is -2.32. The van der Waals surface area contributed by atoms with E-state index in [1.807, 2.05) is 24.3 Å². The zero-order chi connectivity index (χ0) is 19.1. The highest BCUT2D eigenvalue weighted by atomic mass is 16.2. The Balaban J connectivity index is 1.36. The summed E-state index contributed by atoms with van der Waals surface area (Å²) < 4.78 is 1.60. The third-order valence-corrected chi connectivity index (χ3v) is 4.78. The molecular weight excluding hydrogens is 344 g/mol. The van der Waals surface area contributed by atoms with Gasteiger partial charge < -0.3 is 20.4 Å². The first-order valence-electron chi connectivity index (χ1n) is 9.40. The second-order valence-electron chi connectivity index (χ2n) is 6.94. The number of benzene rings is 1. The van der Waals surface area contributed by atoms with Crippen molar-refractivity contribution in [2.75, 3.05) is 51.6 Å². The Kier molecular flexibility index (Phi) is 6.72. The molecule has 1 aromatic carbocycles. The summed E-state index contributed by atoms with van der Waals surface area (Å²) in [7, 11) is 3.95. The molecule has 3 rings (SSSR count). The minimum atomic E-state index is -0.192. The molecule has 0 unspecified atom stereocenters. The molecule has 1 aliphatic heterocycles. The van der Waals surface area contributed by atoms with Crippen molar-refractivity contribution in [2.24, 2.45) is 7.05 Å². The monoisotopic (exact) mass is 372 g/mol. The van der Waals surface area contributed by atoms with Crippen LogP contribution in [-0.2, 0) is 7.05 Å². The molecule has 0 aliphatic carbocycles. The lowest BCUT2D eigenvalue weighted by atomic mass is 10.2. The number of hydrogen-bond donors (Lipinski definition) is 2. The van der Waals surface area contributed by atoms with Crippen LogP contribution in [0.25, 0.3) is 11.4 Å². The summed E-state index contributed by atoms with van der Waals surface area (Å²) in [5.41, 5.74) is 1.57. The number of nitrogens with zero attached hydrogens (tertiary/aromatic N) is 6. The number of aryl methyl sites for hydroxylation is 1. The molecule has 9 heteroatoms. The van der Waals surface area contributed by atoms with Crippen LogP contribution in [-0.4, -0.2) is 82.4 Å². The Bertz CT molecular complexity index is 738. The van der Waals surface area contributed by atoms with Crippen molar-refractivity contribution < 1.29 is 4.79 Å². The van der Waals surface area contributed by atoms with Gasteiger partial charge in [-0.25, -0.2) is 9.48 Å². The van der Waals surface area contributed by atoms with Gasteiger partial charge in [0.1, 0.15) is 0 Å². The summed E-state index contributed by atoms with van der Waals surface area (Å²) >= 11 is 0. The van der Waals surface area contributed by atoms with E-state index in [4.69, 9.17) is 0 Å². The highest BCUT2D eigenvalue weighted by Gasteiger charge is 2.13. The molecule has 2 amide bonds. The normalized spacial score (nSPS) is 15.6. The highest BCUT2D eigenvalue weighted by Crippen LogP contribution is 2.19. The molecule has 1 saturated heterocycles. The fourth-order valence-corrected chi connectivity index (χ4v) is 3.12. The van der Waals surface area contributed by atoms with Gasteiger partial charge in [0, 0.05) is 51.0 Å². The number of carbonyl (C=O) groups is 1. The molecule has 1 aliphatic rings. The average Bonchev–Trinajstić information content (AvgIpc) is 3.09. The number of carbonyl (C=O) groups excluding carboxylic acids is 1. The van der Waals surface area contributed by atoms with Gasteiger partial charge in [-0.15, -0.1) is 5.10 Å². The van der Waals surface area contributed by atoms with E-state index in [1.165, 1.54) is 0 Å². The molecule has 0 atom stereocenters. The van der Waals surface area contributed by atoms with Crippen molar-refractivity contribution in [3.8, 4) is 11.4 Å². The predicted molar refractivity (Wildman–Crippen MR) is 104 cm³/mol. The SMILES string of the molecule is CN1CCN(CCCCNC(=O)Nc2cccc(-c3nnnn3C)c2)CC1. The molecule has 9 nitrogen and oxygen atoms in total. The number of unbranched alkanes of at least 4 members (excludes halogenated alkanes) is 1. The summed E-state index contributed by atoms with van der Waals surface area (Å²) in [6.07, 6.45) is 2.07.